The van der Waals surface area contributed by atoms with Crippen molar-refractivity contribution in [3.8, 4) is 0 Å². The van der Waals surface area contributed by atoms with Crippen molar-refractivity contribution in [1.29, 1.82) is 0 Å². The lowest BCUT2D eigenvalue weighted by molar-refractivity contribution is 0.198. The smallest absolute Gasteiger partial charge is 0.228 e. The highest BCUT2D eigenvalue weighted by molar-refractivity contribution is 5.52. The molecule has 0 aliphatic carbocycles. The molecule has 1 aliphatic rings. The summed E-state index contributed by atoms with van der Waals surface area (Å²) >= 11 is 0. The number of anilines is 3. The van der Waals surface area contributed by atoms with Crippen LogP contribution in [-0.4, -0.2) is 50.0 Å². The average molecular weight is 376 g/mol. The number of likely N-dealkylation sites (tertiary alicyclic amines) is 1. The Balaban J connectivity index is 1.44. The summed E-state index contributed by atoms with van der Waals surface area (Å²) < 4.78 is 0. The van der Waals surface area contributed by atoms with Gasteiger partial charge in [-0.2, -0.15) is 0 Å². The molecule has 0 amide bonds. The highest BCUT2D eigenvalue weighted by Gasteiger charge is 2.23. The van der Waals surface area contributed by atoms with Gasteiger partial charge in [0.1, 0.15) is 18.0 Å². The van der Waals surface area contributed by atoms with Crippen LogP contribution in [-0.2, 0) is 6.54 Å². The predicted octanol–water partition coefficient (Wildman–Crippen LogP) is 2.83. The van der Waals surface area contributed by atoms with E-state index in [2.05, 4.69) is 41.5 Å². The van der Waals surface area contributed by atoms with Crippen molar-refractivity contribution < 1.29 is 0 Å². The topological polar surface area (TPSA) is 91.8 Å². The molecule has 1 fully saturated rings. The molecule has 0 bridgehead atoms. The van der Waals surface area contributed by atoms with E-state index in [1.165, 1.54) is 11.9 Å². The molecule has 2 N–H and O–H groups in total. The molecule has 1 saturated heterocycles. The van der Waals surface area contributed by atoms with Crippen LogP contribution in [0.1, 0.15) is 30.0 Å². The molecular formula is C20H24N8. The second-order valence-corrected chi connectivity index (χ2v) is 6.90. The molecule has 0 spiro atoms. The van der Waals surface area contributed by atoms with Crippen LogP contribution in [0, 0.1) is 0 Å². The van der Waals surface area contributed by atoms with Crippen LogP contribution in [0.4, 0.5) is 17.6 Å². The first kappa shape index (κ1) is 18.2. The number of nitrogens with one attached hydrogen (secondary N) is 2. The zero-order chi connectivity index (χ0) is 19.2. The lowest BCUT2D eigenvalue weighted by atomic mass is 9.94. The van der Waals surface area contributed by atoms with E-state index >= 15 is 0 Å². The van der Waals surface area contributed by atoms with E-state index in [-0.39, 0.29) is 0 Å². The van der Waals surface area contributed by atoms with Gasteiger partial charge in [-0.1, -0.05) is 6.07 Å². The Morgan fingerprint density at radius 3 is 2.93 bits per heavy atom. The summed E-state index contributed by atoms with van der Waals surface area (Å²) in [5.41, 5.74) is 2.31. The van der Waals surface area contributed by atoms with E-state index in [0.717, 1.165) is 44.0 Å². The molecule has 28 heavy (non-hydrogen) atoms. The Morgan fingerprint density at radius 2 is 2.07 bits per heavy atom. The molecule has 4 heterocycles. The molecule has 1 atom stereocenters. The monoisotopic (exact) mass is 376 g/mol. The minimum Gasteiger partial charge on any atom is -0.373 e. The van der Waals surface area contributed by atoms with Gasteiger partial charge in [0.2, 0.25) is 5.95 Å². The van der Waals surface area contributed by atoms with Gasteiger partial charge in [-0.3, -0.25) is 9.88 Å². The van der Waals surface area contributed by atoms with Crippen LogP contribution >= 0.6 is 0 Å². The summed E-state index contributed by atoms with van der Waals surface area (Å²) in [4.78, 5) is 24.1. The van der Waals surface area contributed by atoms with Gasteiger partial charge < -0.3 is 10.6 Å². The van der Waals surface area contributed by atoms with E-state index in [1.54, 1.807) is 0 Å². The maximum Gasteiger partial charge on any atom is 0.228 e. The molecule has 0 aromatic carbocycles. The van der Waals surface area contributed by atoms with Crippen LogP contribution in [0.15, 0.2) is 49.2 Å². The Hall–Kier alpha value is -3.13. The highest BCUT2D eigenvalue weighted by atomic mass is 15.2. The first-order chi connectivity index (χ1) is 13.8. The van der Waals surface area contributed by atoms with Crippen LogP contribution in [0.5, 0.6) is 0 Å². The fraction of sp³-hybridized carbons (Fsp3) is 0.350. The Labute approximate surface area is 164 Å². The number of nitrogens with zero attached hydrogens (tertiary/aromatic N) is 6. The quantitative estimate of drug-likeness (QED) is 0.679. The van der Waals surface area contributed by atoms with Crippen molar-refractivity contribution in [3.63, 3.8) is 0 Å². The van der Waals surface area contributed by atoms with E-state index in [1.807, 2.05) is 43.8 Å². The zero-order valence-electron chi connectivity index (χ0n) is 15.9. The van der Waals surface area contributed by atoms with Crippen molar-refractivity contribution in [3.05, 3.63) is 60.4 Å². The van der Waals surface area contributed by atoms with Crippen molar-refractivity contribution in [1.82, 2.24) is 29.8 Å². The first-order valence-corrected chi connectivity index (χ1v) is 9.51. The lowest BCUT2D eigenvalue weighted by Crippen LogP contribution is -2.34. The van der Waals surface area contributed by atoms with Crippen LogP contribution < -0.4 is 10.6 Å². The predicted molar refractivity (Wildman–Crippen MR) is 108 cm³/mol. The summed E-state index contributed by atoms with van der Waals surface area (Å²) in [6.45, 7) is 3.02. The van der Waals surface area contributed by atoms with Crippen LogP contribution in [0.3, 0.4) is 0 Å². The van der Waals surface area contributed by atoms with E-state index in [4.69, 9.17) is 4.98 Å². The van der Waals surface area contributed by atoms with Crippen molar-refractivity contribution >= 4 is 17.6 Å². The van der Waals surface area contributed by atoms with Crippen LogP contribution in [0.2, 0.25) is 0 Å². The van der Waals surface area contributed by atoms with Gasteiger partial charge in [0, 0.05) is 50.7 Å². The van der Waals surface area contributed by atoms with Gasteiger partial charge in [-0.25, -0.2) is 19.9 Å². The highest BCUT2D eigenvalue weighted by Crippen LogP contribution is 2.27. The fourth-order valence-electron chi connectivity index (χ4n) is 3.53. The van der Waals surface area contributed by atoms with E-state index in [9.17, 15) is 0 Å². The maximum atomic E-state index is 4.75. The Morgan fingerprint density at radius 1 is 1.14 bits per heavy atom. The minimum absolute atomic E-state index is 0.396. The number of hydrogen-bond donors (Lipinski definition) is 2. The second-order valence-electron chi connectivity index (χ2n) is 6.90. The summed E-state index contributed by atoms with van der Waals surface area (Å²) in [5, 5.41) is 6.17. The lowest BCUT2D eigenvalue weighted by Gasteiger charge is -2.32. The summed E-state index contributed by atoms with van der Waals surface area (Å²) in [7, 11) is 1.82. The molecule has 8 nitrogen and oxygen atoms in total. The van der Waals surface area contributed by atoms with Gasteiger partial charge in [-0.15, -0.1) is 0 Å². The Bertz CT molecular complexity index is 901. The maximum absolute atomic E-state index is 4.75. The molecule has 0 saturated carbocycles. The van der Waals surface area contributed by atoms with Gasteiger partial charge in [0.25, 0.3) is 0 Å². The number of pyridine rings is 1. The summed E-state index contributed by atoms with van der Waals surface area (Å²) in [6.07, 6.45) is 9.37. The second kappa shape index (κ2) is 8.71. The first-order valence-electron chi connectivity index (χ1n) is 9.51. The van der Waals surface area contributed by atoms with Crippen molar-refractivity contribution in [2.45, 2.75) is 25.3 Å². The third-order valence-corrected chi connectivity index (χ3v) is 4.89. The van der Waals surface area contributed by atoms with Crippen molar-refractivity contribution in [2.24, 2.45) is 0 Å². The molecule has 0 unspecified atom stereocenters. The minimum atomic E-state index is 0.396. The van der Waals surface area contributed by atoms with E-state index in [0.29, 0.717) is 17.7 Å². The Kier molecular flexibility index (Phi) is 5.67. The number of hydrogen-bond acceptors (Lipinski definition) is 8. The van der Waals surface area contributed by atoms with Gasteiger partial charge in [0.05, 0.1) is 5.69 Å². The summed E-state index contributed by atoms with van der Waals surface area (Å²) in [6, 6.07) is 7.96. The van der Waals surface area contributed by atoms with Crippen molar-refractivity contribution in [2.75, 3.05) is 30.8 Å². The zero-order valence-corrected chi connectivity index (χ0v) is 15.9. The molecule has 4 rings (SSSR count). The van der Waals surface area contributed by atoms with Gasteiger partial charge in [0.15, 0.2) is 0 Å². The molecule has 1 aliphatic heterocycles. The van der Waals surface area contributed by atoms with Gasteiger partial charge in [-0.05, 0) is 37.1 Å². The number of rotatable bonds is 6. The largest absolute Gasteiger partial charge is 0.373 e. The number of piperidine rings is 1. The van der Waals surface area contributed by atoms with Crippen LogP contribution in [0.25, 0.3) is 0 Å². The fourth-order valence-corrected chi connectivity index (χ4v) is 3.53. The third kappa shape index (κ3) is 4.58. The van der Waals surface area contributed by atoms with Gasteiger partial charge >= 0.3 is 0 Å². The molecule has 3 aromatic rings. The molecule has 8 heteroatoms. The standard InChI is InChI=1S/C20H24N8/c1-21-18-10-19(25-14-24-18)27-20-23-8-6-17(26-20)16-5-3-9-28(13-16)12-15-4-2-7-22-11-15/h2,4,6-8,10-11,14,16H,3,5,9,12-13H2,1H3,(H2,21,23,24,25,26,27)/t16-/m0/s1. The molecular weight excluding hydrogens is 352 g/mol. The SMILES string of the molecule is CNc1cc(Nc2nccc([C@H]3CCCN(Cc4cccnc4)C3)n2)ncn1. The normalized spacial score (nSPS) is 17.2. The molecule has 3 aromatic heterocycles. The number of aromatic nitrogens is 5. The average Bonchev–Trinajstić information content (AvgIpc) is 2.75. The molecule has 144 valence electrons. The summed E-state index contributed by atoms with van der Waals surface area (Å²) in [5.74, 6) is 2.36. The van der Waals surface area contributed by atoms with E-state index < -0.39 is 0 Å². The third-order valence-electron chi connectivity index (χ3n) is 4.89. The molecule has 0 radical (unpaired) electrons.